The number of hydrogen-bond acceptors (Lipinski definition) is 6. The maximum absolute atomic E-state index is 13.6. The highest BCUT2D eigenvalue weighted by molar-refractivity contribution is 9.10. The van der Waals surface area contributed by atoms with Crippen molar-refractivity contribution in [2.75, 3.05) is 13.2 Å². The summed E-state index contributed by atoms with van der Waals surface area (Å²) in [5.41, 5.74) is 4.15. The summed E-state index contributed by atoms with van der Waals surface area (Å²) in [5, 5.41) is 41.7. The quantitative estimate of drug-likeness (QED) is 0.0770. The van der Waals surface area contributed by atoms with Gasteiger partial charge in [0.1, 0.15) is 5.75 Å². The maximum Gasteiger partial charge on any atom is 0.303 e. The number of carboxylic acid groups (broad SMARTS) is 1. The molecule has 1 aliphatic carbocycles. The van der Waals surface area contributed by atoms with E-state index in [1.54, 1.807) is 12.1 Å². The number of carbonyl (C=O) groups is 3. The van der Waals surface area contributed by atoms with Crippen LogP contribution in [0.25, 0.3) is 11.6 Å². The Labute approximate surface area is 267 Å². The van der Waals surface area contributed by atoms with Crippen LogP contribution in [0.1, 0.15) is 75.8 Å². The second-order valence-electron chi connectivity index (χ2n) is 11.8. The Morgan fingerprint density at radius 3 is 2.50 bits per heavy atom. The summed E-state index contributed by atoms with van der Waals surface area (Å²) in [7, 11) is 0. The van der Waals surface area contributed by atoms with E-state index in [1.165, 1.54) is 4.90 Å². The lowest BCUT2D eigenvalue weighted by molar-refractivity contribution is -0.141. The standard InChI is InChI=1S/C35H42BrNO7/c1-2-9-24-20-27-33(35(44)37(34(27)43)17-8-4-7-12-31(41)42)28(21-38)32(24)30(40)15-13-23(22-10-5-3-6-11-22)18-25-19-26(36)14-16-29(25)39/h3,5-6,10-11,14,16,18-19,27-28,30,33,38-40H,2,4,7-9,12-13,15,17,20-21H2,1H3,(H,41,42)/b23-18-/t27-,28+,30-,33-/m1/s1. The highest BCUT2D eigenvalue weighted by Crippen LogP contribution is 2.47. The van der Waals surface area contributed by atoms with Crippen LogP contribution in [0.4, 0.5) is 0 Å². The molecule has 4 rings (SSSR count). The molecule has 44 heavy (non-hydrogen) atoms. The molecule has 9 heteroatoms. The van der Waals surface area contributed by atoms with Gasteiger partial charge in [0.15, 0.2) is 0 Å². The Balaban J connectivity index is 1.57. The molecule has 0 radical (unpaired) electrons. The lowest BCUT2D eigenvalue weighted by atomic mass is 9.67. The molecule has 8 nitrogen and oxygen atoms in total. The third-order valence-electron chi connectivity index (χ3n) is 8.81. The van der Waals surface area contributed by atoms with Gasteiger partial charge in [-0.15, -0.1) is 0 Å². The summed E-state index contributed by atoms with van der Waals surface area (Å²) in [6.45, 7) is 1.92. The number of hydrogen-bond donors (Lipinski definition) is 4. The molecule has 0 aromatic heterocycles. The number of unbranched alkanes of at least 4 members (excludes halogenated alkanes) is 2. The second-order valence-corrected chi connectivity index (χ2v) is 12.7. The van der Waals surface area contributed by atoms with Crippen molar-refractivity contribution in [3.8, 4) is 5.75 Å². The molecule has 0 bridgehead atoms. The van der Waals surface area contributed by atoms with Gasteiger partial charge in [-0.2, -0.15) is 0 Å². The smallest absolute Gasteiger partial charge is 0.303 e. The molecular formula is C35H42BrNO7. The van der Waals surface area contributed by atoms with E-state index in [1.807, 2.05) is 49.4 Å². The van der Waals surface area contributed by atoms with Gasteiger partial charge < -0.3 is 20.4 Å². The zero-order valence-corrected chi connectivity index (χ0v) is 26.7. The van der Waals surface area contributed by atoms with Crippen molar-refractivity contribution < 1.29 is 34.8 Å². The highest BCUT2D eigenvalue weighted by Gasteiger charge is 2.54. The number of fused-ring (bicyclic) bond motifs is 1. The molecule has 1 fully saturated rings. The molecular weight excluding hydrogens is 626 g/mol. The summed E-state index contributed by atoms with van der Waals surface area (Å²) in [6, 6.07) is 15.0. The minimum atomic E-state index is -0.925. The Kier molecular flexibility index (Phi) is 11.9. The minimum Gasteiger partial charge on any atom is -0.507 e. The van der Waals surface area contributed by atoms with Gasteiger partial charge >= 0.3 is 5.97 Å². The number of aliphatic hydroxyl groups excluding tert-OH is 2. The number of imide groups is 1. The van der Waals surface area contributed by atoms with Crippen LogP contribution in [0.3, 0.4) is 0 Å². The van der Waals surface area contributed by atoms with Crippen molar-refractivity contribution in [1.82, 2.24) is 4.90 Å². The van der Waals surface area contributed by atoms with Crippen LogP contribution in [0, 0.1) is 17.8 Å². The van der Waals surface area contributed by atoms with Crippen LogP contribution < -0.4 is 0 Å². The topological polar surface area (TPSA) is 135 Å². The van der Waals surface area contributed by atoms with Crippen LogP contribution in [0.2, 0.25) is 0 Å². The number of phenols is 1. The van der Waals surface area contributed by atoms with Crippen LogP contribution in [0.15, 0.2) is 64.1 Å². The first-order valence-corrected chi connectivity index (χ1v) is 16.3. The lowest BCUT2D eigenvalue weighted by Crippen LogP contribution is -2.39. The average Bonchev–Trinajstić information content (AvgIpc) is 3.24. The molecule has 0 saturated carbocycles. The van der Waals surface area contributed by atoms with Crippen molar-refractivity contribution in [3.05, 3.63) is 75.3 Å². The monoisotopic (exact) mass is 667 g/mol. The highest BCUT2D eigenvalue weighted by atomic mass is 79.9. The number of carbonyl (C=O) groups excluding carboxylic acids is 2. The number of aliphatic carboxylic acids is 1. The van der Waals surface area contributed by atoms with E-state index in [0.717, 1.165) is 27.6 Å². The number of amides is 2. The largest absolute Gasteiger partial charge is 0.507 e. The first-order valence-electron chi connectivity index (χ1n) is 15.5. The van der Waals surface area contributed by atoms with E-state index in [-0.39, 0.29) is 37.1 Å². The van der Waals surface area contributed by atoms with E-state index in [0.29, 0.717) is 56.1 Å². The minimum absolute atomic E-state index is 0.0521. The third-order valence-corrected chi connectivity index (χ3v) is 9.30. The number of likely N-dealkylation sites (tertiary alicyclic amines) is 1. The van der Waals surface area contributed by atoms with E-state index >= 15 is 0 Å². The molecule has 2 aromatic rings. The van der Waals surface area contributed by atoms with E-state index < -0.39 is 29.8 Å². The van der Waals surface area contributed by atoms with Gasteiger partial charge in [0.25, 0.3) is 0 Å². The van der Waals surface area contributed by atoms with Gasteiger partial charge in [-0.1, -0.05) is 71.6 Å². The average molecular weight is 669 g/mol. The molecule has 1 heterocycles. The number of phenolic OH excluding ortho intramolecular Hbond substituents is 1. The Hall–Kier alpha value is -3.27. The molecule has 4 N–H and O–H groups in total. The third kappa shape index (κ3) is 7.86. The summed E-state index contributed by atoms with van der Waals surface area (Å²) in [4.78, 5) is 39.1. The number of aromatic hydroxyl groups is 1. The number of benzene rings is 2. The fourth-order valence-corrected chi connectivity index (χ4v) is 7.11. The van der Waals surface area contributed by atoms with Crippen molar-refractivity contribution in [2.24, 2.45) is 17.8 Å². The van der Waals surface area contributed by atoms with Gasteiger partial charge in [-0.3, -0.25) is 19.3 Å². The van der Waals surface area contributed by atoms with Crippen LogP contribution in [-0.4, -0.2) is 62.4 Å². The zero-order valence-electron chi connectivity index (χ0n) is 25.1. The number of aliphatic hydroxyl groups is 2. The van der Waals surface area contributed by atoms with E-state index in [4.69, 9.17) is 5.11 Å². The van der Waals surface area contributed by atoms with E-state index in [2.05, 4.69) is 15.9 Å². The number of rotatable bonds is 15. The Morgan fingerprint density at radius 1 is 1.07 bits per heavy atom. The van der Waals surface area contributed by atoms with Gasteiger partial charge in [0, 0.05) is 28.9 Å². The number of halogens is 1. The van der Waals surface area contributed by atoms with Crippen molar-refractivity contribution in [3.63, 3.8) is 0 Å². The van der Waals surface area contributed by atoms with E-state index in [9.17, 15) is 29.7 Å². The fourth-order valence-electron chi connectivity index (χ4n) is 6.73. The van der Waals surface area contributed by atoms with Gasteiger partial charge in [0.05, 0.1) is 24.5 Å². The zero-order chi connectivity index (χ0) is 31.8. The molecule has 2 aliphatic rings. The Bertz CT molecular complexity index is 1400. The predicted molar refractivity (Wildman–Crippen MR) is 172 cm³/mol. The van der Waals surface area contributed by atoms with Gasteiger partial charge in [-0.05, 0) is 79.5 Å². The summed E-state index contributed by atoms with van der Waals surface area (Å²) >= 11 is 3.47. The molecule has 1 aliphatic heterocycles. The lowest BCUT2D eigenvalue weighted by Gasteiger charge is -2.36. The molecule has 236 valence electrons. The molecule has 4 atom stereocenters. The number of nitrogens with zero attached hydrogens (tertiary/aromatic N) is 1. The van der Waals surface area contributed by atoms with Crippen molar-refractivity contribution >= 4 is 45.4 Å². The van der Waals surface area contributed by atoms with Crippen LogP contribution in [-0.2, 0) is 14.4 Å². The van der Waals surface area contributed by atoms with Crippen LogP contribution >= 0.6 is 15.9 Å². The number of carboxylic acids is 1. The maximum atomic E-state index is 13.6. The van der Waals surface area contributed by atoms with Crippen molar-refractivity contribution in [1.29, 1.82) is 0 Å². The number of allylic oxidation sites excluding steroid dienone is 2. The molecule has 2 aromatic carbocycles. The SMILES string of the molecule is CCCC1=C([C@H](O)CC/C(=C/c2cc(Br)ccc2O)c2ccccc2)[C@H](CO)[C@@H]2C(=O)N(CCCCCC(=O)O)C(=O)[C@@H]2C1. The summed E-state index contributed by atoms with van der Waals surface area (Å²) < 4.78 is 0.830. The first kappa shape index (κ1) is 33.6. The Morgan fingerprint density at radius 2 is 1.82 bits per heavy atom. The summed E-state index contributed by atoms with van der Waals surface area (Å²) in [6.07, 6.45) is 5.30. The first-order chi connectivity index (χ1) is 21.2. The predicted octanol–water partition coefficient (Wildman–Crippen LogP) is 6.19. The normalized spacial score (nSPS) is 21.1. The molecule has 2 amide bonds. The second kappa shape index (κ2) is 15.6. The fraction of sp³-hybridized carbons (Fsp3) is 0.457. The molecule has 0 unspecified atom stereocenters. The molecule has 0 spiro atoms. The summed E-state index contributed by atoms with van der Waals surface area (Å²) in [5.74, 6) is -3.21. The van der Waals surface area contributed by atoms with Crippen LogP contribution in [0.5, 0.6) is 5.75 Å². The van der Waals surface area contributed by atoms with Gasteiger partial charge in [-0.25, -0.2) is 0 Å². The van der Waals surface area contributed by atoms with Gasteiger partial charge in [0.2, 0.25) is 11.8 Å². The molecule has 1 saturated heterocycles. The van der Waals surface area contributed by atoms with Crippen molar-refractivity contribution in [2.45, 2.75) is 70.8 Å².